The minimum Gasteiger partial charge on any atom is -0.494 e. The zero-order valence-electron chi connectivity index (χ0n) is 9.31. The van der Waals surface area contributed by atoms with Gasteiger partial charge in [0.25, 0.3) is 0 Å². The lowest BCUT2D eigenvalue weighted by molar-refractivity contribution is 0.416. The fourth-order valence-electron chi connectivity index (χ4n) is 1.44. The molecule has 0 atom stereocenters. The molecule has 0 fully saturated rings. The molecule has 0 aliphatic heterocycles. The lowest BCUT2D eigenvalue weighted by Gasteiger charge is -2.04. The molecule has 0 aliphatic carbocycles. The summed E-state index contributed by atoms with van der Waals surface area (Å²) in [7, 11) is 1.66. The Labute approximate surface area is 99.2 Å². The van der Waals surface area contributed by atoms with Crippen LogP contribution in [0.15, 0.2) is 46.8 Å². The number of aliphatic imine (C=N–C) groups is 1. The van der Waals surface area contributed by atoms with E-state index in [1.165, 1.54) is 4.88 Å². The molecule has 0 radical (unpaired) electrons. The second-order valence-corrected chi connectivity index (χ2v) is 4.29. The molecule has 82 valence electrons. The first-order valence-electron chi connectivity index (χ1n) is 5.03. The zero-order chi connectivity index (χ0) is 11.4. The molecule has 1 aromatic heterocycles. The Morgan fingerprint density at radius 3 is 2.69 bits per heavy atom. The Bertz CT molecular complexity index is 488. The molecule has 0 saturated heterocycles. The number of ether oxygens (including phenoxy) is 1. The van der Waals surface area contributed by atoms with Crippen LogP contribution in [0, 0.1) is 0 Å². The Kier molecular flexibility index (Phi) is 3.37. The van der Waals surface area contributed by atoms with Crippen LogP contribution in [0.2, 0.25) is 0 Å². The monoisotopic (exact) mass is 231 g/mol. The molecule has 0 spiro atoms. The number of rotatable bonds is 3. The van der Waals surface area contributed by atoms with Gasteiger partial charge < -0.3 is 4.74 Å². The second kappa shape index (κ2) is 4.94. The standard InChI is InChI=1S/C13H13NOS/c1-10(13-8-5-9-16-13)14-11-6-3-4-7-12(11)15-2/h3-9H,1-2H3. The lowest BCUT2D eigenvalue weighted by Crippen LogP contribution is -1.90. The van der Waals surface area contributed by atoms with E-state index in [-0.39, 0.29) is 0 Å². The van der Waals surface area contributed by atoms with Gasteiger partial charge in [-0.15, -0.1) is 11.3 Å². The fourth-order valence-corrected chi connectivity index (χ4v) is 2.12. The van der Waals surface area contributed by atoms with Gasteiger partial charge in [-0.1, -0.05) is 18.2 Å². The van der Waals surface area contributed by atoms with Crippen molar-refractivity contribution < 1.29 is 4.74 Å². The first-order valence-corrected chi connectivity index (χ1v) is 5.91. The number of methoxy groups -OCH3 is 1. The van der Waals surface area contributed by atoms with Crippen LogP contribution in [0.5, 0.6) is 5.75 Å². The highest BCUT2D eigenvalue weighted by Gasteiger charge is 2.02. The Balaban J connectivity index is 2.35. The molecule has 2 nitrogen and oxygen atoms in total. The van der Waals surface area contributed by atoms with Crippen LogP contribution in [0.4, 0.5) is 5.69 Å². The van der Waals surface area contributed by atoms with Gasteiger partial charge in [-0.25, -0.2) is 4.99 Å². The fraction of sp³-hybridized carbons (Fsp3) is 0.154. The topological polar surface area (TPSA) is 21.6 Å². The number of para-hydroxylation sites is 2. The van der Waals surface area contributed by atoms with Gasteiger partial charge in [0.15, 0.2) is 0 Å². The molecule has 1 heterocycles. The van der Waals surface area contributed by atoms with Crippen molar-refractivity contribution in [2.75, 3.05) is 7.11 Å². The van der Waals surface area contributed by atoms with Crippen molar-refractivity contribution in [3.63, 3.8) is 0 Å². The maximum Gasteiger partial charge on any atom is 0.144 e. The van der Waals surface area contributed by atoms with Crippen LogP contribution in [0.25, 0.3) is 0 Å². The highest BCUT2D eigenvalue weighted by Crippen LogP contribution is 2.27. The van der Waals surface area contributed by atoms with E-state index >= 15 is 0 Å². The summed E-state index contributed by atoms with van der Waals surface area (Å²) in [6.07, 6.45) is 0. The smallest absolute Gasteiger partial charge is 0.144 e. The maximum atomic E-state index is 5.26. The highest BCUT2D eigenvalue weighted by molar-refractivity contribution is 7.12. The van der Waals surface area contributed by atoms with E-state index in [9.17, 15) is 0 Å². The van der Waals surface area contributed by atoms with Crippen molar-refractivity contribution in [3.05, 3.63) is 46.7 Å². The van der Waals surface area contributed by atoms with Gasteiger partial charge >= 0.3 is 0 Å². The van der Waals surface area contributed by atoms with Gasteiger partial charge in [-0.05, 0) is 30.5 Å². The summed E-state index contributed by atoms with van der Waals surface area (Å²) in [6, 6.07) is 11.9. The number of benzene rings is 1. The Morgan fingerprint density at radius 2 is 2.00 bits per heavy atom. The average Bonchev–Trinajstić information content (AvgIpc) is 2.83. The lowest BCUT2D eigenvalue weighted by atomic mass is 10.3. The van der Waals surface area contributed by atoms with Crippen LogP contribution >= 0.6 is 11.3 Å². The van der Waals surface area contributed by atoms with Crippen molar-refractivity contribution in [2.45, 2.75) is 6.92 Å². The van der Waals surface area contributed by atoms with Gasteiger partial charge in [-0.3, -0.25) is 0 Å². The minimum absolute atomic E-state index is 0.804. The summed E-state index contributed by atoms with van der Waals surface area (Å²) in [5.74, 6) is 0.804. The Hall–Kier alpha value is -1.61. The summed E-state index contributed by atoms with van der Waals surface area (Å²) >= 11 is 1.69. The molecule has 0 amide bonds. The van der Waals surface area contributed by atoms with E-state index in [4.69, 9.17) is 4.74 Å². The molecular weight excluding hydrogens is 218 g/mol. The SMILES string of the molecule is COc1ccccc1N=C(C)c1cccs1. The molecule has 16 heavy (non-hydrogen) atoms. The molecule has 0 N–H and O–H groups in total. The van der Waals surface area contributed by atoms with Gasteiger partial charge in [-0.2, -0.15) is 0 Å². The van der Waals surface area contributed by atoms with Crippen LogP contribution in [0.3, 0.4) is 0 Å². The molecule has 0 bridgehead atoms. The predicted molar refractivity (Wildman–Crippen MR) is 69.2 cm³/mol. The largest absolute Gasteiger partial charge is 0.494 e. The Morgan fingerprint density at radius 1 is 1.19 bits per heavy atom. The van der Waals surface area contributed by atoms with Gasteiger partial charge in [0.2, 0.25) is 0 Å². The molecule has 1 aromatic carbocycles. The van der Waals surface area contributed by atoms with E-state index < -0.39 is 0 Å². The third kappa shape index (κ3) is 2.31. The number of thiophene rings is 1. The molecule has 2 rings (SSSR count). The maximum absolute atomic E-state index is 5.26. The molecule has 0 unspecified atom stereocenters. The van der Waals surface area contributed by atoms with Crippen LogP contribution in [-0.4, -0.2) is 12.8 Å². The van der Waals surface area contributed by atoms with Gasteiger partial charge in [0, 0.05) is 4.88 Å². The predicted octanol–water partition coefficient (Wildman–Crippen LogP) is 3.90. The summed E-state index contributed by atoms with van der Waals surface area (Å²) < 4.78 is 5.26. The minimum atomic E-state index is 0.804. The molecular formula is C13H13NOS. The van der Waals surface area contributed by atoms with E-state index in [1.807, 2.05) is 37.3 Å². The summed E-state index contributed by atoms with van der Waals surface area (Å²) in [6.45, 7) is 2.01. The van der Waals surface area contributed by atoms with E-state index in [0.29, 0.717) is 0 Å². The third-order valence-corrected chi connectivity index (χ3v) is 3.23. The van der Waals surface area contributed by atoms with Crippen LogP contribution in [-0.2, 0) is 0 Å². The highest BCUT2D eigenvalue weighted by atomic mass is 32.1. The number of nitrogens with zero attached hydrogens (tertiary/aromatic N) is 1. The molecule has 0 aliphatic rings. The van der Waals surface area contributed by atoms with Crippen LogP contribution in [0.1, 0.15) is 11.8 Å². The van der Waals surface area contributed by atoms with Crippen molar-refractivity contribution in [2.24, 2.45) is 4.99 Å². The number of hydrogen-bond acceptors (Lipinski definition) is 3. The molecule has 0 saturated carbocycles. The van der Waals surface area contributed by atoms with Crippen molar-refractivity contribution >= 4 is 22.7 Å². The van der Waals surface area contributed by atoms with Gasteiger partial charge in [0.05, 0.1) is 12.8 Å². The summed E-state index contributed by atoms with van der Waals surface area (Å²) in [4.78, 5) is 5.76. The second-order valence-electron chi connectivity index (χ2n) is 3.35. The van der Waals surface area contributed by atoms with Gasteiger partial charge in [0.1, 0.15) is 11.4 Å². The summed E-state index contributed by atoms with van der Waals surface area (Å²) in [5.41, 5.74) is 1.88. The van der Waals surface area contributed by atoms with Crippen molar-refractivity contribution in [3.8, 4) is 5.75 Å². The first kappa shape index (κ1) is 10.9. The summed E-state index contributed by atoms with van der Waals surface area (Å²) in [5, 5.41) is 2.05. The van der Waals surface area contributed by atoms with Crippen molar-refractivity contribution in [1.29, 1.82) is 0 Å². The average molecular weight is 231 g/mol. The van der Waals surface area contributed by atoms with E-state index in [1.54, 1.807) is 18.4 Å². The quantitative estimate of drug-likeness (QED) is 0.734. The molecule has 3 heteroatoms. The zero-order valence-corrected chi connectivity index (χ0v) is 10.1. The van der Waals surface area contributed by atoms with E-state index in [0.717, 1.165) is 17.1 Å². The van der Waals surface area contributed by atoms with Crippen LogP contribution < -0.4 is 4.74 Å². The third-order valence-electron chi connectivity index (χ3n) is 2.25. The first-order chi connectivity index (χ1) is 7.81. The van der Waals surface area contributed by atoms with E-state index in [2.05, 4.69) is 16.4 Å². The molecule has 2 aromatic rings. The normalized spacial score (nSPS) is 11.5. The van der Waals surface area contributed by atoms with Crippen molar-refractivity contribution in [1.82, 2.24) is 0 Å². The number of hydrogen-bond donors (Lipinski definition) is 0.